The number of methoxy groups -OCH3 is 1. The van der Waals surface area contributed by atoms with E-state index in [9.17, 15) is 9.59 Å². The topological polar surface area (TPSA) is 72.6 Å². The van der Waals surface area contributed by atoms with Gasteiger partial charge in [0.15, 0.2) is 0 Å². The summed E-state index contributed by atoms with van der Waals surface area (Å²) in [5, 5.41) is 0. The van der Waals surface area contributed by atoms with Gasteiger partial charge in [0.05, 0.1) is 7.11 Å². The van der Waals surface area contributed by atoms with Crippen molar-refractivity contribution in [2.24, 2.45) is 0 Å². The average Bonchev–Trinajstić information content (AvgIpc) is 2.95. The maximum absolute atomic E-state index is 12.1. The fraction of sp³-hybridized carbons (Fsp3) is 0.333. The van der Waals surface area contributed by atoms with E-state index in [1.807, 2.05) is 12.1 Å². The van der Waals surface area contributed by atoms with Crippen molar-refractivity contribution in [1.29, 1.82) is 0 Å². The molecule has 0 spiro atoms. The Bertz CT molecular complexity index is 522. The molecule has 0 saturated carbocycles. The summed E-state index contributed by atoms with van der Waals surface area (Å²) in [5.74, 6) is -0.522. The molecule has 1 aromatic rings. The van der Waals surface area contributed by atoms with Gasteiger partial charge in [0.25, 0.3) is 0 Å². The van der Waals surface area contributed by atoms with Gasteiger partial charge in [0.2, 0.25) is 5.91 Å². The zero-order valence-corrected chi connectivity index (χ0v) is 11.4. The van der Waals surface area contributed by atoms with E-state index < -0.39 is 6.04 Å². The Morgan fingerprint density at radius 2 is 2.05 bits per heavy atom. The van der Waals surface area contributed by atoms with Crippen LogP contribution in [0.3, 0.4) is 0 Å². The van der Waals surface area contributed by atoms with Gasteiger partial charge < -0.3 is 15.4 Å². The van der Waals surface area contributed by atoms with Crippen molar-refractivity contribution in [3.05, 3.63) is 35.9 Å². The van der Waals surface area contributed by atoms with Crippen molar-refractivity contribution in [2.75, 3.05) is 19.4 Å². The molecule has 0 bridgehead atoms. The van der Waals surface area contributed by atoms with E-state index in [0.717, 1.165) is 12.0 Å². The number of hydrogen-bond donors (Lipinski definition) is 1. The Morgan fingerprint density at radius 1 is 1.35 bits per heavy atom. The molecule has 0 radical (unpaired) electrons. The molecule has 1 atom stereocenters. The third kappa shape index (κ3) is 3.17. The van der Waals surface area contributed by atoms with Crippen LogP contribution in [0.15, 0.2) is 30.3 Å². The lowest BCUT2D eigenvalue weighted by atomic mass is 10.2. The normalized spacial score (nSPS) is 18.4. The van der Waals surface area contributed by atoms with Crippen LogP contribution in [-0.2, 0) is 14.3 Å². The first-order chi connectivity index (χ1) is 9.61. The molecule has 0 aromatic heterocycles. The molecule has 2 rings (SSSR count). The van der Waals surface area contributed by atoms with E-state index in [-0.39, 0.29) is 11.9 Å². The molecule has 1 amide bonds. The molecule has 1 aliphatic heterocycles. The van der Waals surface area contributed by atoms with Crippen LogP contribution in [0.2, 0.25) is 0 Å². The average molecular weight is 274 g/mol. The number of nitrogens with zero attached hydrogens (tertiary/aromatic N) is 1. The first-order valence-corrected chi connectivity index (χ1v) is 6.54. The third-order valence-corrected chi connectivity index (χ3v) is 3.36. The number of benzene rings is 1. The summed E-state index contributed by atoms with van der Waals surface area (Å²) < 4.78 is 4.72. The van der Waals surface area contributed by atoms with E-state index >= 15 is 0 Å². The number of carbonyl (C=O) groups is 2. The largest absolute Gasteiger partial charge is 0.467 e. The summed E-state index contributed by atoms with van der Waals surface area (Å²) in [6, 6.07) is 6.76. The van der Waals surface area contributed by atoms with Crippen molar-refractivity contribution in [3.8, 4) is 0 Å². The second-order valence-corrected chi connectivity index (χ2v) is 4.71. The molecule has 1 aliphatic rings. The first-order valence-electron chi connectivity index (χ1n) is 6.54. The van der Waals surface area contributed by atoms with Crippen molar-refractivity contribution in [1.82, 2.24) is 4.90 Å². The van der Waals surface area contributed by atoms with Crippen LogP contribution in [0.25, 0.3) is 6.08 Å². The predicted molar refractivity (Wildman–Crippen MR) is 76.6 cm³/mol. The molecule has 5 nitrogen and oxygen atoms in total. The van der Waals surface area contributed by atoms with Crippen molar-refractivity contribution in [3.63, 3.8) is 0 Å². The first kappa shape index (κ1) is 14.1. The maximum Gasteiger partial charge on any atom is 0.328 e. The molecule has 1 aromatic carbocycles. The fourth-order valence-electron chi connectivity index (χ4n) is 2.28. The molecule has 20 heavy (non-hydrogen) atoms. The highest BCUT2D eigenvalue weighted by Crippen LogP contribution is 2.19. The summed E-state index contributed by atoms with van der Waals surface area (Å²) in [6.07, 6.45) is 4.68. The summed E-state index contributed by atoms with van der Waals surface area (Å²) in [4.78, 5) is 25.3. The second-order valence-electron chi connectivity index (χ2n) is 4.71. The molecular formula is C15H18N2O3. The zero-order chi connectivity index (χ0) is 14.5. The Balaban J connectivity index is 2.04. The van der Waals surface area contributed by atoms with Crippen LogP contribution in [0, 0.1) is 0 Å². The number of hydrogen-bond acceptors (Lipinski definition) is 4. The Labute approximate surface area is 118 Å². The van der Waals surface area contributed by atoms with Gasteiger partial charge >= 0.3 is 5.97 Å². The van der Waals surface area contributed by atoms with E-state index in [1.54, 1.807) is 23.1 Å². The fourth-order valence-corrected chi connectivity index (χ4v) is 2.28. The third-order valence-electron chi connectivity index (χ3n) is 3.36. The number of anilines is 1. The van der Waals surface area contributed by atoms with Gasteiger partial charge in [-0.05, 0) is 36.6 Å². The van der Waals surface area contributed by atoms with Gasteiger partial charge in [-0.15, -0.1) is 0 Å². The van der Waals surface area contributed by atoms with Gasteiger partial charge in [0, 0.05) is 18.3 Å². The molecule has 2 N–H and O–H groups in total. The van der Waals surface area contributed by atoms with Crippen LogP contribution in [0.4, 0.5) is 5.69 Å². The Kier molecular flexibility index (Phi) is 4.40. The molecule has 1 fully saturated rings. The SMILES string of the molecule is COC(=O)C1CCCN1C(=O)/C=C/c1ccc(N)cc1. The molecular weight excluding hydrogens is 256 g/mol. The summed E-state index contributed by atoms with van der Waals surface area (Å²) in [6.45, 7) is 0.588. The lowest BCUT2D eigenvalue weighted by Gasteiger charge is -2.20. The molecule has 5 heteroatoms. The highest BCUT2D eigenvalue weighted by atomic mass is 16.5. The zero-order valence-electron chi connectivity index (χ0n) is 11.4. The Hall–Kier alpha value is -2.30. The van der Waals surface area contributed by atoms with Gasteiger partial charge in [0.1, 0.15) is 6.04 Å². The Morgan fingerprint density at radius 3 is 2.70 bits per heavy atom. The van der Waals surface area contributed by atoms with Crippen molar-refractivity contribution < 1.29 is 14.3 Å². The van der Waals surface area contributed by atoms with Crippen LogP contribution in [0.5, 0.6) is 0 Å². The minimum Gasteiger partial charge on any atom is -0.467 e. The van der Waals surface area contributed by atoms with Crippen molar-refractivity contribution >= 4 is 23.6 Å². The van der Waals surface area contributed by atoms with Gasteiger partial charge in [-0.1, -0.05) is 12.1 Å². The lowest BCUT2D eigenvalue weighted by Crippen LogP contribution is -2.40. The molecule has 106 valence electrons. The van der Waals surface area contributed by atoms with Crippen molar-refractivity contribution in [2.45, 2.75) is 18.9 Å². The summed E-state index contributed by atoms with van der Waals surface area (Å²) >= 11 is 0. The summed E-state index contributed by atoms with van der Waals surface area (Å²) in [5.41, 5.74) is 7.17. The van der Waals surface area contributed by atoms with Gasteiger partial charge in [-0.2, -0.15) is 0 Å². The smallest absolute Gasteiger partial charge is 0.328 e. The number of amides is 1. The van der Waals surface area contributed by atoms with E-state index in [2.05, 4.69) is 0 Å². The number of nitrogens with two attached hydrogens (primary N) is 1. The highest BCUT2D eigenvalue weighted by molar-refractivity contribution is 5.95. The molecule has 0 aliphatic carbocycles. The quantitative estimate of drug-likeness (QED) is 0.514. The van der Waals surface area contributed by atoms with Crippen LogP contribution < -0.4 is 5.73 Å². The van der Waals surface area contributed by atoms with E-state index in [1.165, 1.54) is 13.2 Å². The number of likely N-dealkylation sites (tertiary alicyclic amines) is 1. The van der Waals surface area contributed by atoms with Gasteiger partial charge in [-0.25, -0.2) is 4.79 Å². The number of ether oxygens (including phenoxy) is 1. The second kappa shape index (κ2) is 6.23. The highest BCUT2D eigenvalue weighted by Gasteiger charge is 2.33. The van der Waals surface area contributed by atoms with E-state index in [4.69, 9.17) is 10.5 Å². The molecule has 1 unspecified atom stereocenters. The number of nitrogen functional groups attached to an aromatic ring is 1. The predicted octanol–water partition coefficient (Wildman–Crippen LogP) is 1.45. The number of carbonyl (C=O) groups excluding carboxylic acids is 2. The minimum atomic E-state index is -0.455. The number of rotatable bonds is 3. The molecule has 1 saturated heterocycles. The van der Waals surface area contributed by atoms with Gasteiger partial charge in [-0.3, -0.25) is 4.79 Å². The number of esters is 1. The standard InChI is InChI=1S/C15H18N2O3/c1-20-15(19)13-3-2-10-17(13)14(18)9-6-11-4-7-12(16)8-5-11/h4-9,13H,2-3,10,16H2,1H3/b9-6+. The minimum absolute atomic E-state index is 0.172. The van der Waals surface area contributed by atoms with Crippen LogP contribution in [0.1, 0.15) is 18.4 Å². The van der Waals surface area contributed by atoms with Crippen LogP contribution >= 0.6 is 0 Å². The lowest BCUT2D eigenvalue weighted by molar-refractivity contribution is -0.149. The van der Waals surface area contributed by atoms with E-state index in [0.29, 0.717) is 18.7 Å². The molecule has 1 heterocycles. The maximum atomic E-state index is 12.1. The monoisotopic (exact) mass is 274 g/mol. The summed E-state index contributed by atoms with van der Waals surface area (Å²) in [7, 11) is 1.34. The van der Waals surface area contributed by atoms with Crippen LogP contribution in [-0.4, -0.2) is 36.5 Å².